The summed E-state index contributed by atoms with van der Waals surface area (Å²) < 4.78 is 15.3. The van der Waals surface area contributed by atoms with E-state index in [0.29, 0.717) is 62.2 Å². The molecule has 0 radical (unpaired) electrons. The lowest BCUT2D eigenvalue weighted by Crippen LogP contribution is -2.34. The van der Waals surface area contributed by atoms with Gasteiger partial charge in [0.2, 0.25) is 12.2 Å². The second-order valence-corrected chi connectivity index (χ2v) is 10.5. The molecule has 43 heavy (non-hydrogen) atoms. The third-order valence-corrected chi connectivity index (χ3v) is 7.46. The molecule has 0 fully saturated rings. The van der Waals surface area contributed by atoms with E-state index in [2.05, 4.69) is 10.6 Å². The summed E-state index contributed by atoms with van der Waals surface area (Å²) in [5.74, 6) is -0.872. The number of aliphatic hydroxyl groups is 1. The Bertz CT molecular complexity index is 1480. The molecular formula is C32H41N5O6. The van der Waals surface area contributed by atoms with Gasteiger partial charge in [-0.2, -0.15) is 0 Å². The lowest BCUT2D eigenvalue weighted by atomic mass is 9.93. The van der Waals surface area contributed by atoms with E-state index in [4.69, 9.17) is 20.3 Å². The van der Waals surface area contributed by atoms with Gasteiger partial charge in [0, 0.05) is 50.2 Å². The van der Waals surface area contributed by atoms with E-state index >= 15 is 0 Å². The number of para-hydroxylation sites is 3. The fraction of sp³-hybridized carbons (Fsp3) is 0.406. The quantitative estimate of drug-likeness (QED) is 0.166. The Balaban J connectivity index is 1.42. The number of rotatable bonds is 14. The van der Waals surface area contributed by atoms with E-state index in [0.717, 1.165) is 11.4 Å². The summed E-state index contributed by atoms with van der Waals surface area (Å²) in [4.78, 5) is 39.1. The van der Waals surface area contributed by atoms with Crippen LogP contribution in [0.1, 0.15) is 55.7 Å². The first-order chi connectivity index (χ1) is 20.8. The van der Waals surface area contributed by atoms with Gasteiger partial charge in [-0.15, -0.1) is 0 Å². The average Bonchev–Trinajstić information content (AvgIpc) is 3.23. The van der Waals surface area contributed by atoms with E-state index < -0.39 is 18.1 Å². The van der Waals surface area contributed by atoms with E-state index in [1.807, 2.05) is 49.0 Å². The zero-order chi connectivity index (χ0) is 30.8. The van der Waals surface area contributed by atoms with Crippen LogP contribution < -0.4 is 21.9 Å². The van der Waals surface area contributed by atoms with Gasteiger partial charge in [-0.25, -0.2) is 4.68 Å². The number of unbranched alkanes of at least 4 members (excludes halogenated alkanes) is 2. The number of hydrogen-bond donors (Lipinski definition) is 4. The van der Waals surface area contributed by atoms with Crippen LogP contribution in [-0.2, 0) is 26.1 Å². The number of ether oxygens (including phenoxy) is 2. The Morgan fingerprint density at radius 3 is 2.56 bits per heavy atom. The van der Waals surface area contributed by atoms with Gasteiger partial charge in [0.15, 0.2) is 5.76 Å². The molecule has 0 aliphatic carbocycles. The number of benzene rings is 2. The molecule has 11 heteroatoms. The van der Waals surface area contributed by atoms with Crippen LogP contribution in [0.3, 0.4) is 0 Å². The summed E-state index contributed by atoms with van der Waals surface area (Å²) in [6.45, 7) is 2.65. The van der Waals surface area contributed by atoms with Gasteiger partial charge in [0.1, 0.15) is 0 Å². The van der Waals surface area contributed by atoms with Gasteiger partial charge in [-0.3, -0.25) is 19.1 Å². The molecule has 230 valence electrons. The molecule has 2 amide bonds. The largest absolute Gasteiger partial charge is 0.459 e. The van der Waals surface area contributed by atoms with E-state index in [1.54, 1.807) is 35.0 Å². The average molecular weight is 592 g/mol. The van der Waals surface area contributed by atoms with Crippen LogP contribution in [0, 0.1) is 6.92 Å². The van der Waals surface area contributed by atoms with Crippen LogP contribution in [-0.4, -0.2) is 52.3 Å². The minimum Gasteiger partial charge on any atom is -0.459 e. The van der Waals surface area contributed by atoms with Crippen molar-refractivity contribution in [2.45, 2.75) is 57.7 Å². The van der Waals surface area contributed by atoms with Crippen LogP contribution in [0.15, 0.2) is 71.2 Å². The molecule has 5 N–H and O–H groups in total. The molecule has 2 unspecified atom stereocenters. The van der Waals surface area contributed by atoms with E-state index in [-0.39, 0.29) is 30.3 Å². The summed E-state index contributed by atoms with van der Waals surface area (Å²) in [6.07, 6.45) is 4.01. The second-order valence-electron chi connectivity index (χ2n) is 10.5. The van der Waals surface area contributed by atoms with Crippen molar-refractivity contribution in [3.8, 4) is 5.69 Å². The van der Waals surface area contributed by atoms with Gasteiger partial charge in [0.05, 0.1) is 23.7 Å². The number of allylic oxidation sites excluding steroid dienone is 1. The zero-order valence-corrected chi connectivity index (χ0v) is 24.8. The number of hydrogen-bond acceptors (Lipinski definition) is 7. The Labute approximate surface area is 251 Å². The summed E-state index contributed by atoms with van der Waals surface area (Å²) in [6, 6.07) is 16.5. The number of nitrogens with one attached hydrogen (secondary N) is 2. The van der Waals surface area contributed by atoms with Crippen LogP contribution in [0.2, 0.25) is 0 Å². The van der Waals surface area contributed by atoms with Crippen LogP contribution in [0.5, 0.6) is 0 Å². The molecular weight excluding hydrogens is 550 g/mol. The van der Waals surface area contributed by atoms with Crippen molar-refractivity contribution in [1.82, 2.24) is 14.7 Å². The van der Waals surface area contributed by atoms with Crippen molar-refractivity contribution < 1.29 is 24.2 Å². The first kappa shape index (κ1) is 31.6. The van der Waals surface area contributed by atoms with Gasteiger partial charge >= 0.3 is 0 Å². The monoisotopic (exact) mass is 591 g/mol. The number of nitrogens with zero attached hydrogens (tertiary/aromatic N) is 2. The van der Waals surface area contributed by atoms with Gasteiger partial charge < -0.3 is 30.9 Å². The normalized spacial score (nSPS) is 16.3. The van der Waals surface area contributed by atoms with Gasteiger partial charge in [-0.1, -0.05) is 30.3 Å². The smallest absolute Gasteiger partial charge is 0.286 e. The lowest BCUT2D eigenvalue weighted by Gasteiger charge is -2.29. The second kappa shape index (κ2) is 15.2. The van der Waals surface area contributed by atoms with Gasteiger partial charge in [0.25, 0.3) is 11.5 Å². The van der Waals surface area contributed by atoms with Crippen molar-refractivity contribution >= 4 is 23.2 Å². The number of nitrogen functional groups attached to an aromatic ring is 1. The summed E-state index contributed by atoms with van der Waals surface area (Å²) in [7, 11) is 1.84. The standard InChI is InChI=1S/C32H41N5O6/c1-22-30(32(41)37(36(22)2)24-12-4-3-5-13-24)23-20-27(43-29(21-23)42-19-11-10-18-38)31(40)34-17-9-8-16-28(39)35-26-15-7-6-14-25(26)33/h3-7,12-15,20,23,29,38H,8-11,16-19,21,33H2,1-2H3,(H,34,40)(H,35,39). The maximum atomic E-state index is 13.7. The van der Waals surface area contributed by atoms with Gasteiger partial charge in [-0.05, 0) is 62.9 Å². The van der Waals surface area contributed by atoms with Crippen molar-refractivity contribution in [2.75, 3.05) is 30.8 Å². The Morgan fingerprint density at radius 2 is 1.81 bits per heavy atom. The highest BCUT2D eigenvalue weighted by atomic mass is 16.7. The SMILES string of the molecule is Cc1c(C2C=C(C(=O)NCCCCC(=O)Nc3ccccc3N)OC(OCCCCO)C2)c(=O)n(-c2ccccc2)n1C. The minimum atomic E-state index is -0.729. The Kier molecular flexibility index (Phi) is 11.2. The van der Waals surface area contributed by atoms with Crippen molar-refractivity contribution in [3.05, 3.63) is 88.0 Å². The van der Waals surface area contributed by atoms with Crippen molar-refractivity contribution in [1.29, 1.82) is 0 Å². The highest BCUT2D eigenvalue weighted by Crippen LogP contribution is 2.32. The van der Waals surface area contributed by atoms with Crippen LogP contribution >= 0.6 is 0 Å². The number of carbonyl (C=O) groups is 2. The molecule has 3 aromatic rings. The molecule has 1 aliphatic heterocycles. The molecule has 2 heterocycles. The number of aliphatic hydroxyl groups excluding tert-OH is 1. The number of amides is 2. The molecule has 0 saturated heterocycles. The molecule has 0 bridgehead atoms. The van der Waals surface area contributed by atoms with Crippen molar-refractivity contribution in [2.24, 2.45) is 7.05 Å². The maximum Gasteiger partial charge on any atom is 0.286 e. The predicted molar refractivity (Wildman–Crippen MR) is 165 cm³/mol. The van der Waals surface area contributed by atoms with Crippen LogP contribution in [0.4, 0.5) is 11.4 Å². The molecule has 4 rings (SSSR count). The predicted octanol–water partition coefficient (Wildman–Crippen LogP) is 3.49. The molecule has 2 atom stereocenters. The molecule has 2 aromatic carbocycles. The molecule has 11 nitrogen and oxygen atoms in total. The Hall–Kier alpha value is -4.35. The lowest BCUT2D eigenvalue weighted by molar-refractivity contribution is -0.146. The number of aromatic nitrogens is 2. The van der Waals surface area contributed by atoms with Crippen molar-refractivity contribution in [3.63, 3.8) is 0 Å². The topological polar surface area (TPSA) is 150 Å². The molecule has 0 saturated carbocycles. The fourth-order valence-corrected chi connectivity index (χ4v) is 5.09. The number of carbonyl (C=O) groups excluding carboxylic acids is 2. The van der Waals surface area contributed by atoms with E-state index in [1.165, 1.54) is 0 Å². The number of anilines is 2. The first-order valence-corrected chi connectivity index (χ1v) is 14.7. The Morgan fingerprint density at radius 1 is 1.07 bits per heavy atom. The maximum absolute atomic E-state index is 13.7. The molecule has 0 spiro atoms. The number of nitrogens with two attached hydrogens (primary N) is 1. The highest BCUT2D eigenvalue weighted by Gasteiger charge is 2.33. The highest BCUT2D eigenvalue weighted by molar-refractivity contribution is 5.93. The summed E-state index contributed by atoms with van der Waals surface area (Å²) in [5, 5.41) is 14.8. The fourth-order valence-electron chi connectivity index (χ4n) is 5.09. The third-order valence-electron chi connectivity index (χ3n) is 7.46. The summed E-state index contributed by atoms with van der Waals surface area (Å²) >= 11 is 0. The van der Waals surface area contributed by atoms with Crippen LogP contribution in [0.25, 0.3) is 5.69 Å². The third kappa shape index (κ3) is 8.14. The summed E-state index contributed by atoms with van der Waals surface area (Å²) in [5.41, 5.74) is 8.90. The van der Waals surface area contributed by atoms with E-state index in [9.17, 15) is 14.4 Å². The molecule has 1 aromatic heterocycles. The molecule has 1 aliphatic rings. The minimum absolute atomic E-state index is 0.0648. The first-order valence-electron chi connectivity index (χ1n) is 14.7. The zero-order valence-electron chi connectivity index (χ0n) is 24.8.